The maximum absolute atomic E-state index is 13.1. The molecule has 1 rings (SSSR count). The zero-order valence-electron chi connectivity index (χ0n) is 12.2. The van der Waals surface area contributed by atoms with E-state index in [1.807, 2.05) is 0 Å². The van der Waals surface area contributed by atoms with Gasteiger partial charge in [-0.25, -0.2) is 4.39 Å². The molecule has 0 aromatic carbocycles. The Balaban J connectivity index is 2.70. The van der Waals surface area contributed by atoms with Gasteiger partial charge in [-0.15, -0.1) is 0 Å². The van der Waals surface area contributed by atoms with Gasteiger partial charge in [-0.3, -0.25) is 9.78 Å². The number of carbonyl (C=O) groups excluding carboxylic acids is 1. The Hall–Kier alpha value is -1.07. The van der Waals surface area contributed by atoms with E-state index in [0.717, 1.165) is 12.2 Å². The lowest BCUT2D eigenvalue weighted by atomic mass is 10.0. The van der Waals surface area contributed by atoms with E-state index in [0.29, 0.717) is 11.3 Å². The highest BCUT2D eigenvalue weighted by atomic mass is 28.3. The van der Waals surface area contributed by atoms with Crippen LogP contribution < -0.4 is 0 Å². The molecule has 0 fully saturated rings. The van der Waals surface area contributed by atoms with Crippen LogP contribution in [0.5, 0.6) is 0 Å². The third-order valence-corrected chi connectivity index (χ3v) is 4.75. The van der Waals surface area contributed by atoms with Crippen molar-refractivity contribution in [3.63, 3.8) is 0 Å². The molecule has 0 aliphatic carbocycles. The Morgan fingerprint density at radius 2 is 2.11 bits per heavy atom. The summed E-state index contributed by atoms with van der Waals surface area (Å²) < 4.78 is 18.9. The maximum Gasteiger partial charge on any atom is 0.209 e. The molecule has 0 saturated carbocycles. The van der Waals surface area contributed by atoms with Crippen molar-refractivity contribution in [3.8, 4) is 0 Å². The predicted octanol–water partition coefficient (Wildman–Crippen LogP) is 3.61. The van der Waals surface area contributed by atoms with Gasteiger partial charge in [0.1, 0.15) is 5.82 Å². The van der Waals surface area contributed by atoms with E-state index in [4.69, 9.17) is 4.43 Å². The smallest absolute Gasteiger partial charge is 0.209 e. The average molecular weight is 282 g/mol. The second-order valence-corrected chi connectivity index (χ2v) is 7.98. The molecule has 0 amide bonds. The molecular formula is C14H21FNO2Si. The first-order valence-corrected chi connectivity index (χ1v) is 8.41. The highest BCUT2D eigenvalue weighted by Crippen LogP contribution is 2.22. The van der Waals surface area contributed by atoms with Crippen LogP contribution in [0.4, 0.5) is 4.39 Å². The minimum atomic E-state index is -0.941. The standard InChI is InChI=1S/C14H21FNO2Si/c1-10(17)12-6-11(15)7-16-13(12)8-18-19(5)9-14(2,3)4/h6-7H,8-9H2,1-5H3. The molecular weight excluding hydrogens is 261 g/mol. The minimum Gasteiger partial charge on any atom is -0.411 e. The number of hydrogen-bond donors (Lipinski definition) is 0. The quantitative estimate of drug-likeness (QED) is 0.612. The highest BCUT2D eigenvalue weighted by Gasteiger charge is 2.19. The number of hydrogen-bond acceptors (Lipinski definition) is 3. The van der Waals surface area contributed by atoms with Crippen molar-refractivity contribution in [2.24, 2.45) is 5.41 Å². The Kier molecular flexibility index (Phi) is 5.37. The second-order valence-electron chi connectivity index (χ2n) is 5.93. The SMILES string of the molecule is CC(=O)c1cc(F)cnc1CO[Si](C)CC(C)(C)C. The molecule has 1 heterocycles. The molecule has 0 unspecified atom stereocenters. The number of pyridine rings is 1. The normalized spacial score (nSPS) is 11.9. The molecule has 0 bridgehead atoms. The lowest BCUT2D eigenvalue weighted by Crippen LogP contribution is -2.21. The van der Waals surface area contributed by atoms with Gasteiger partial charge in [0.15, 0.2) is 5.78 Å². The molecule has 1 aromatic heterocycles. The van der Waals surface area contributed by atoms with Gasteiger partial charge < -0.3 is 4.43 Å². The van der Waals surface area contributed by atoms with Crippen LogP contribution >= 0.6 is 0 Å². The van der Waals surface area contributed by atoms with Crippen molar-refractivity contribution in [3.05, 3.63) is 29.3 Å². The minimum absolute atomic E-state index is 0.189. The first-order chi connectivity index (χ1) is 8.69. The maximum atomic E-state index is 13.1. The van der Waals surface area contributed by atoms with Crippen LogP contribution in [-0.2, 0) is 11.0 Å². The van der Waals surface area contributed by atoms with Gasteiger partial charge >= 0.3 is 0 Å². The monoisotopic (exact) mass is 282 g/mol. The molecule has 0 saturated heterocycles. The fourth-order valence-electron chi connectivity index (χ4n) is 1.88. The number of carbonyl (C=O) groups is 1. The molecule has 0 aliphatic rings. The third-order valence-electron chi connectivity index (χ3n) is 2.55. The van der Waals surface area contributed by atoms with Crippen molar-refractivity contribution in [2.45, 2.75) is 46.9 Å². The van der Waals surface area contributed by atoms with Gasteiger partial charge in [0, 0.05) is 5.56 Å². The Morgan fingerprint density at radius 3 is 2.63 bits per heavy atom. The van der Waals surface area contributed by atoms with Crippen molar-refractivity contribution in [2.75, 3.05) is 0 Å². The summed E-state index contributed by atoms with van der Waals surface area (Å²) in [5, 5.41) is 0. The number of nitrogens with zero attached hydrogens (tertiary/aromatic N) is 1. The van der Waals surface area contributed by atoms with E-state index in [2.05, 4.69) is 32.3 Å². The van der Waals surface area contributed by atoms with Gasteiger partial charge in [0.25, 0.3) is 0 Å². The second kappa shape index (κ2) is 6.39. The molecule has 5 heteroatoms. The van der Waals surface area contributed by atoms with Crippen LogP contribution in [0.15, 0.2) is 12.3 Å². The zero-order valence-corrected chi connectivity index (χ0v) is 13.2. The summed E-state index contributed by atoms with van der Waals surface area (Å²) in [6.07, 6.45) is 1.12. The highest BCUT2D eigenvalue weighted by molar-refractivity contribution is 6.50. The molecule has 0 spiro atoms. The summed E-state index contributed by atoms with van der Waals surface area (Å²) in [5.74, 6) is -0.683. The fraction of sp³-hybridized carbons (Fsp3) is 0.571. The molecule has 1 aromatic rings. The van der Waals surface area contributed by atoms with Crippen LogP contribution in [0.2, 0.25) is 12.6 Å². The Morgan fingerprint density at radius 1 is 1.47 bits per heavy atom. The topological polar surface area (TPSA) is 39.2 Å². The number of Topliss-reactive ketones (excluding diaryl/α,β-unsaturated/α-hetero) is 1. The summed E-state index contributed by atoms with van der Waals surface area (Å²) in [4.78, 5) is 15.4. The van der Waals surface area contributed by atoms with Crippen LogP contribution in [0.25, 0.3) is 0 Å². The fourth-order valence-corrected chi connectivity index (χ4v) is 3.86. The van der Waals surface area contributed by atoms with Crippen LogP contribution in [-0.4, -0.2) is 19.8 Å². The molecule has 0 N–H and O–H groups in total. The van der Waals surface area contributed by atoms with Gasteiger partial charge in [-0.2, -0.15) is 0 Å². The molecule has 105 valence electrons. The van der Waals surface area contributed by atoms with Gasteiger partial charge in [0.05, 0.1) is 18.5 Å². The van der Waals surface area contributed by atoms with Crippen molar-refractivity contribution >= 4 is 14.8 Å². The summed E-state index contributed by atoms with van der Waals surface area (Å²) in [6, 6.07) is 2.23. The van der Waals surface area contributed by atoms with E-state index in [9.17, 15) is 9.18 Å². The molecule has 0 atom stereocenters. The van der Waals surface area contributed by atoms with Crippen LogP contribution in [0.3, 0.4) is 0 Å². The Bertz CT molecular complexity index is 457. The van der Waals surface area contributed by atoms with Gasteiger partial charge in [-0.05, 0) is 31.0 Å². The first kappa shape index (κ1) is 16.0. The summed E-state index contributed by atoms with van der Waals surface area (Å²) in [7, 11) is -0.941. The largest absolute Gasteiger partial charge is 0.411 e. The van der Waals surface area contributed by atoms with E-state index in [1.165, 1.54) is 13.0 Å². The number of rotatable bonds is 5. The third kappa shape index (κ3) is 5.61. The summed E-state index contributed by atoms with van der Waals surface area (Å²) in [6.45, 7) is 10.3. The van der Waals surface area contributed by atoms with Gasteiger partial charge in [0.2, 0.25) is 9.04 Å². The van der Waals surface area contributed by atoms with Gasteiger partial charge in [-0.1, -0.05) is 20.8 Å². The predicted molar refractivity (Wildman–Crippen MR) is 74.9 cm³/mol. The first-order valence-electron chi connectivity index (χ1n) is 6.29. The van der Waals surface area contributed by atoms with E-state index >= 15 is 0 Å². The van der Waals surface area contributed by atoms with E-state index in [-0.39, 0.29) is 17.8 Å². The van der Waals surface area contributed by atoms with E-state index in [1.54, 1.807) is 0 Å². The Labute approximate surface area is 115 Å². The molecule has 3 nitrogen and oxygen atoms in total. The van der Waals surface area contributed by atoms with E-state index < -0.39 is 14.9 Å². The molecule has 19 heavy (non-hydrogen) atoms. The van der Waals surface area contributed by atoms with Crippen molar-refractivity contribution < 1.29 is 13.6 Å². The number of aromatic nitrogens is 1. The summed E-state index contributed by atoms with van der Waals surface area (Å²) in [5.41, 5.74) is 1.06. The average Bonchev–Trinajstić information content (AvgIpc) is 2.24. The number of ketones is 1. The zero-order chi connectivity index (χ0) is 14.6. The van der Waals surface area contributed by atoms with Crippen LogP contribution in [0.1, 0.15) is 43.7 Å². The van der Waals surface area contributed by atoms with Crippen molar-refractivity contribution in [1.29, 1.82) is 0 Å². The van der Waals surface area contributed by atoms with Crippen LogP contribution in [0, 0.1) is 11.2 Å². The lowest BCUT2D eigenvalue weighted by molar-refractivity contribution is 0.101. The molecule has 0 aliphatic heterocycles. The molecule has 1 radical (unpaired) electrons. The lowest BCUT2D eigenvalue weighted by Gasteiger charge is -2.21. The summed E-state index contributed by atoms with van der Waals surface area (Å²) >= 11 is 0. The van der Waals surface area contributed by atoms with Crippen molar-refractivity contribution in [1.82, 2.24) is 4.98 Å². The number of halogens is 1.